The summed E-state index contributed by atoms with van der Waals surface area (Å²) in [5.74, 6) is -0.762. The van der Waals surface area contributed by atoms with Crippen LogP contribution in [0.4, 0.5) is 0 Å². The topological polar surface area (TPSA) is 57.5 Å². The number of carboxylic acid groups (broad SMARTS) is 1. The summed E-state index contributed by atoms with van der Waals surface area (Å²) < 4.78 is 0.575. The highest BCUT2D eigenvalue weighted by atomic mass is 16.4. The zero-order valence-corrected chi connectivity index (χ0v) is 17.8. The van der Waals surface area contributed by atoms with Crippen LogP contribution in [0.15, 0.2) is 0 Å². The van der Waals surface area contributed by atoms with Crippen LogP contribution in [0.5, 0.6) is 0 Å². The predicted octanol–water partition coefficient (Wildman–Crippen LogP) is 5.38. The molecule has 0 saturated carbocycles. The van der Waals surface area contributed by atoms with Gasteiger partial charge in [-0.1, -0.05) is 90.4 Å². The number of hydrogen-bond donors (Lipinski definition) is 2. The van der Waals surface area contributed by atoms with Gasteiger partial charge in [-0.2, -0.15) is 0 Å². The second-order valence-electron chi connectivity index (χ2n) is 8.67. The van der Waals surface area contributed by atoms with Crippen molar-refractivity contribution in [2.45, 2.75) is 109 Å². The van der Waals surface area contributed by atoms with E-state index in [-0.39, 0.29) is 12.5 Å². The Hall–Kier alpha value is -0.610. The van der Waals surface area contributed by atoms with E-state index in [2.05, 4.69) is 6.92 Å². The van der Waals surface area contributed by atoms with Gasteiger partial charge in [-0.3, -0.25) is 4.79 Å². The zero-order valence-electron chi connectivity index (χ0n) is 17.8. The molecule has 0 aliphatic carbocycles. The van der Waals surface area contributed by atoms with E-state index >= 15 is 0 Å². The highest BCUT2D eigenvalue weighted by Crippen LogP contribution is 2.14. The van der Waals surface area contributed by atoms with E-state index in [1.54, 1.807) is 0 Å². The lowest BCUT2D eigenvalue weighted by Crippen LogP contribution is -2.46. The lowest BCUT2D eigenvalue weighted by molar-refractivity contribution is -0.892. The summed E-state index contributed by atoms with van der Waals surface area (Å²) in [6, 6.07) is 0. The largest absolute Gasteiger partial charge is 0.481 e. The van der Waals surface area contributed by atoms with Crippen LogP contribution >= 0.6 is 0 Å². The van der Waals surface area contributed by atoms with Gasteiger partial charge in [0.05, 0.1) is 27.1 Å². The van der Waals surface area contributed by atoms with Gasteiger partial charge in [-0.05, 0) is 6.42 Å². The van der Waals surface area contributed by atoms with E-state index in [1.807, 2.05) is 14.1 Å². The van der Waals surface area contributed by atoms with Crippen LogP contribution in [-0.4, -0.2) is 54.0 Å². The van der Waals surface area contributed by atoms with Gasteiger partial charge in [-0.25, -0.2) is 0 Å². The van der Waals surface area contributed by atoms with Crippen molar-refractivity contribution in [3.05, 3.63) is 0 Å². The highest BCUT2D eigenvalue weighted by Gasteiger charge is 2.21. The number of rotatable bonds is 19. The van der Waals surface area contributed by atoms with Gasteiger partial charge in [0, 0.05) is 0 Å². The second-order valence-corrected chi connectivity index (χ2v) is 8.67. The molecule has 0 aliphatic heterocycles. The first-order valence-corrected chi connectivity index (χ1v) is 11.1. The maximum absolute atomic E-state index is 10.7. The average Bonchev–Trinajstić information content (AvgIpc) is 2.57. The third-order valence-corrected chi connectivity index (χ3v) is 5.28. The molecule has 0 radical (unpaired) electrons. The van der Waals surface area contributed by atoms with Crippen molar-refractivity contribution in [2.75, 3.05) is 27.2 Å². The predicted molar refractivity (Wildman–Crippen MR) is 110 cm³/mol. The minimum absolute atomic E-state index is 0.165. The van der Waals surface area contributed by atoms with Crippen molar-refractivity contribution in [2.24, 2.45) is 0 Å². The fraction of sp³-hybridized carbons (Fsp3) is 0.955. The maximum Gasteiger partial charge on any atom is 0.309 e. The van der Waals surface area contributed by atoms with Crippen LogP contribution in [0.25, 0.3) is 0 Å². The Morgan fingerprint density at radius 1 is 0.808 bits per heavy atom. The lowest BCUT2D eigenvalue weighted by Gasteiger charge is -2.31. The summed E-state index contributed by atoms with van der Waals surface area (Å²) in [4.78, 5) is 10.7. The van der Waals surface area contributed by atoms with Crippen LogP contribution < -0.4 is 0 Å². The smallest absolute Gasteiger partial charge is 0.309 e. The van der Waals surface area contributed by atoms with Gasteiger partial charge >= 0.3 is 5.97 Å². The number of carbonyl (C=O) groups is 1. The molecule has 0 heterocycles. The molecule has 0 amide bonds. The van der Waals surface area contributed by atoms with E-state index in [0.29, 0.717) is 17.6 Å². The number of aliphatic hydroxyl groups excluding tert-OH is 1. The second kappa shape index (κ2) is 16.6. The molecule has 0 saturated heterocycles. The van der Waals surface area contributed by atoms with Crippen molar-refractivity contribution in [1.82, 2.24) is 0 Å². The third kappa shape index (κ3) is 18.2. The van der Waals surface area contributed by atoms with Gasteiger partial charge in [0.2, 0.25) is 0 Å². The molecule has 0 aliphatic rings. The quantitative estimate of drug-likeness (QED) is 0.236. The molecule has 1 unspecified atom stereocenters. The first kappa shape index (κ1) is 25.4. The molecule has 0 aromatic heterocycles. The van der Waals surface area contributed by atoms with Gasteiger partial charge in [0.15, 0.2) is 0 Å². The maximum atomic E-state index is 10.7. The minimum Gasteiger partial charge on any atom is -0.481 e. The van der Waals surface area contributed by atoms with E-state index < -0.39 is 5.97 Å². The monoisotopic (exact) mass is 372 g/mol. The number of nitrogens with zero attached hydrogens (tertiary/aromatic N) is 1. The molecular formula is C22H46NO3+. The number of aliphatic hydroxyl groups is 1. The molecule has 4 nitrogen and oxygen atoms in total. The average molecular weight is 373 g/mol. The van der Waals surface area contributed by atoms with Crippen LogP contribution in [0.1, 0.15) is 103 Å². The SMILES string of the molecule is CCCCCCCCCCCCCCCC(O)C[N+](C)(C)CCC(=O)O. The summed E-state index contributed by atoms with van der Waals surface area (Å²) in [6.07, 6.45) is 18.1. The molecule has 0 aromatic carbocycles. The lowest BCUT2D eigenvalue weighted by atomic mass is 10.0. The van der Waals surface area contributed by atoms with Crippen LogP contribution in [-0.2, 0) is 4.79 Å². The van der Waals surface area contributed by atoms with Crippen LogP contribution in [0.2, 0.25) is 0 Å². The van der Waals surface area contributed by atoms with E-state index in [4.69, 9.17) is 5.11 Å². The first-order valence-electron chi connectivity index (χ1n) is 11.1. The molecular weight excluding hydrogens is 326 g/mol. The van der Waals surface area contributed by atoms with Crippen molar-refractivity contribution >= 4 is 5.97 Å². The van der Waals surface area contributed by atoms with Crippen molar-refractivity contribution in [3.8, 4) is 0 Å². The van der Waals surface area contributed by atoms with E-state index in [1.165, 1.54) is 77.0 Å². The molecule has 156 valence electrons. The van der Waals surface area contributed by atoms with Crippen molar-refractivity contribution < 1.29 is 19.5 Å². The Kier molecular flexibility index (Phi) is 16.2. The molecule has 0 rings (SSSR count). The number of carboxylic acids is 1. The normalized spacial score (nSPS) is 13.1. The number of quaternary nitrogens is 1. The molecule has 0 bridgehead atoms. The van der Waals surface area contributed by atoms with Crippen molar-refractivity contribution in [1.29, 1.82) is 0 Å². The minimum atomic E-state index is -0.762. The summed E-state index contributed by atoms with van der Waals surface area (Å²) in [5.41, 5.74) is 0. The number of unbranched alkanes of at least 4 members (excludes halogenated alkanes) is 12. The number of aliphatic carboxylic acids is 1. The summed E-state index contributed by atoms with van der Waals surface area (Å²) >= 11 is 0. The Balaban J connectivity index is 3.40. The van der Waals surface area contributed by atoms with E-state index in [0.717, 1.165) is 12.8 Å². The third-order valence-electron chi connectivity index (χ3n) is 5.28. The Bertz CT molecular complexity index is 331. The zero-order chi connectivity index (χ0) is 19.7. The first-order chi connectivity index (χ1) is 12.4. The van der Waals surface area contributed by atoms with Gasteiger partial charge in [0.1, 0.15) is 12.6 Å². The Morgan fingerprint density at radius 3 is 1.65 bits per heavy atom. The highest BCUT2D eigenvalue weighted by molar-refractivity contribution is 5.66. The van der Waals surface area contributed by atoms with Crippen LogP contribution in [0.3, 0.4) is 0 Å². The van der Waals surface area contributed by atoms with Crippen LogP contribution in [0, 0.1) is 0 Å². The fourth-order valence-electron chi connectivity index (χ4n) is 3.55. The standard InChI is InChI=1S/C22H45NO3/c1-4-5-6-7-8-9-10-11-12-13-14-15-16-17-21(24)20-23(2,3)19-18-22(25)26/h21,24H,4-20H2,1-3H3/p+1. The Labute approximate surface area is 162 Å². The van der Waals surface area contributed by atoms with Gasteiger partial charge < -0.3 is 14.7 Å². The van der Waals surface area contributed by atoms with Gasteiger partial charge in [-0.15, -0.1) is 0 Å². The number of likely N-dealkylation sites (N-methyl/N-ethyl adjacent to an activating group) is 1. The summed E-state index contributed by atoms with van der Waals surface area (Å²) in [7, 11) is 3.99. The molecule has 2 N–H and O–H groups in total. The summed E-state index contributed by atoms with van der Waals surface area (Å²) in [5, 5.41) is 18.9. The number of hydrogen-bond acceptors (Lipinski definition) is 2. The fourth-order valence-corrected chi connectivity index (χ4v) is 3.55. The summed E-state index contributed by atoms with van der Waals surface area (Å²) in [6.45, 7) is 3.49. The molecule has 0 fully saturated rings. The molecule has 0 aromatic rings. The molecule has 0 spiro atoms. The molecule has 26 heavy (non-hydrogen) atoms. The van der Waals surface area contributed by atoms with Gasteiger partial charge in [0.25, 0.3) is 0 Å². The van der Waals surface area contributed by atoms with E-state index in [9.17, 15) is 9.90 Å². The van der Waals surface area contributed by atoms with Crippen molar-refractivity contribution in [3.63, 3.8) is 0 Å². The Morgan fingerprint density at radius 2 is 1.23 bits per heavy atom. The molecule has 4 heteroatoms. The molecule has 1 atom stereocenters.